The van der Waals surface area contributed by atoms with Gasteiger partial charge in [-0.05, 0) is 6.07 Å². The number of nitro groups is 1. The first-order valence-electron chi connectivity index (χ1n) is 6.69. The largest absolute Gasteiger partial charge is 0.465 e. The van der Waals surface area contributed by atoms with Crippen LogP contribution in [-0.4, -0.2) is 58.3 Å². The topological polar surface area (TPSA) is 131 Å². The zero-order chi connectivity index (χ0) is 19.2. The fourth-order valence-corrected chi connectivity index (χ4v) is 2.85. The van der Waals surface area contributed by atoms with Gasteiger partial charge in [-0.15, -0.1) is 10.8 Å². The molecule has 134 valence electrons. The number of benzene rings is 1. The highest BCUT2D eigenvalue weighted by Crippen LogP contribution is 2.34. The molecule has 0 saturated carbocycles. The van der Waals surface area contributed by atoms with Crippen LogP contribution in [0.15, 0.2) is 21.4 Å². The lowest BCUT2D eigenvalue weighted by Crippen LogP contribution is -2.14. The smallest absolute Gasteiger partial charge is 0.338 e. The molecular weight excluding hydrogens is 352 g/mol. The minimum Gasteiger partial charge on any atom is -0.465 e. The van der Waals surface area contributed by atoms with Crippen LogP contribution >= 0.6 is 0 Å². The van der Waals surface area contributed by atoms with Gasteiger partial charge < -0.3 is 15.0 Å². The van der Waals surface area contributed by atoms with Crippen LogP contribution < -0.4 is 5.32 Å². The third-order valence-corrected chi connectivity index (χ3v) is 4.01. The van der Waals surface area contributed by atoms with Crippen molar-refractivity contribution in [3.63, 3.8) is 0 Å². The van der Waals surface area contributed by atoms with Crippen molar-refractivity contribution in [2.24, 2.45) is 4.40 Å². The maximum absolute atomic E-state index is 12.5. The number of nitro benzene ring substituents is 1. The first-order chi connectivity index (χ1) is 11.6. The van der Waals surface area contributed by atoms with E-state index in [2.05, 4.69) is 20.4 Å². The van der Waals surface area contributed by atoms with E-state index >= 15 is 0 Å². The Morgan fingerprint density at radius 2 is 2.16 bits per heavy atom. The number of terminal acetylenes is 1. The average Bonchev–Trinajstić information content (AvgIpc) is 2.56. The molecule has 1 aromatic carbocycles. The number of hydrogen-bond acceptors (Lipinski definition) is 7. The Bertz CT molecular complexity index is 855. The number of esters is 1. The fraction of sp³-hybridized carbons (Fsp3) is 0.286. The molecular formula is C14H16N4O6S. The number of carbonyl (C=O) groups excluding carboxylic acids is 1. The molecule has 0 atom stereocenters. The van der Waals surface area contributed by atoms with Crippen molar-refractivity contribution in [3.05, 3.63) is 27.8 Å². The normalized spacial score (nSPS) is 11.0. The summed E-state index contributed by atoms with van der Waals surface area (Å²) in [5.74, 6) is 1.26. The lowest BCUT2D eigenvalue weighted by molar-refractivity contribution is -0.384. The van der Waals surface area contributed by atoms with Gasteiger partial charge in [0.25, 0.3) is 15.7 Å². The van der Waals surface area contributed by atoms with E-state index in [4.69, 9.17) is 6.42 Å². The Morgan fingerprint density at radius 1 is 1.52 bits per heavy atom. The molecule has 0 aliphatic heterocycles. The number of nitrogens with zero attached hydrogens (tertiary/aromatic N) is 3. The molecule has 0 aliphatic rings. The van der Waals surface area contributed by atoms with Gasteiger partial charge in [0.05, 0.1) is 24.1 Å². The van der Waals surface area contributed by atoms with Crippen LogP contribution in [0.1, 0.15) is 10.4 Å². The number of anilines is 1. The molecule has 0 spiro atoms. The van der Waals surface area contributed by atoms with Crippen molar-refractivity contribution in [1.82, 2.24) is 4.90 Å². The summed E-state index contributed by atoms with van der Waals surface area (Å²) in [5.41, 5.74) is -1.30. The Labute approximate surface area is 144 Å². The van der Waals surface area contributed by atoms with Gasteiger partial charge in [-0.3, -0.25) is 10.1 Å². The van der Waals surface area contributed by atoms with Crippen LogP contribution in [0.25, 0.3) is 0 Å². The van der Waals surface area contributed by atoms with Gasteiger partial charge >= 0.3 is 5.97 Å². The van der Waals surface area contributed by atoms with Gasteiger partial charge in [-0.25, -0.2) is 4.79 Å². The van der Waals surface area contributed by atoms with Crippen LogP contribution in [0.4, 0.5) is 11.4 Å². The standard InChI is InChI=1S/C14H16N4O6S/c1-5-6-15-13-11(18(20)21)7-10(14(19)24-4)8-12(13)25(22,23)16-9-17(2)3/h1,7-9,15H,6H2,2-4H3. The number of ether oxygens (including phenoxy) is 1. The maximum Gasteiger partial charge on any atom is 0.338 e. The van der Waals surface area contributed by atoms with Gasteiger partial charge in [0.15, 0.2) is 0 Å². The fourth-order valence-electron chi connectivity index (χ4n) is 1.71. The van der Waals surface area contributed by atoms with Crippen molar-refractivity contribution in [1.29, 1.82) is 0 Å². The van der Waals surface area contributed by atoms with E-state index in [0.717, 1.165) is 25.6 Å². The predicted octanol–water partition coefficient (Wildman–Crippen LogP) is 0.705. The predicted molar refractivity (Wildman–Crippen MR) is 91.1 cm³/mol. The molecule has 1 N–H and O–H groups in total. The first-order valence-corrected chi connectivity index (χ1v) is 8.13. The monoisotopic (exact) mass is 368 g/mol. The Balaban J connectivity index is 3.76. The quantitative estimate of drug-likeness (QED) is 0.186. The number of nitrogens with one attached hydrogen (secondary N) is 1. The van der Waals surface area contributed by atoms with Gasteiger partial charge in [0.1, 0.15) is 16.9 Å². The third-order valence-electron chi connectivity index (χ3n) is 2.76. The molecule has 0 bridgehead atoms. The summed E-state index contributed by atoms with van der Waals surface area (Å²) in [6.07, 6.45) is 6.13. The van der Waals surface area contributed by atoms with Gasteiger partial charge in [-0.2, -0.15) is 8.42 Å². The molecule has 10 nitrogen and oxygen atoms in total. The van der Waals surface area contributed by atoms with Crippen LogP contribution in [0, 0.1) is 22.5 Å². The number of sulfonamides is 1. The van der Waals surface area contributed by atoms with E-state index in [1.165, 1.54) is 4.90 Å². The second-order valence-corrected chi connectivity index (χ2v) is 6.44. The SMILES string of the molecule is C#CCNc1c([N+](=O)[O-])cc(C(=O)OC)cc1S(=O)(=O)N=CN(C)C. The molecule has 1 aromatic rings. The Morgan fingerprint density at radius 3 is 2.64 bits per heavy atom. The van der Waals surface area contributed by atoms with Crippen LogP contribution in [0.3, 0.4) is 0 Å². The Kier molecular flexibility index (Phi) is 6.46. The van der Waals surface area contributed by atoms with Crippen LogP contribution in [-0.2, 0) is 14.8 Å². The number of rotatable bonds is 7. The van der Waals surface area contributed by atoms with E-state index < -0.39 is 31.5 Å². The maximum atomic E-state index is 12.5. The van der Waals surface area contributed by atoms with Crippen molar-refractivity contribution >= 4 is 33.7 Å². The minimum atomic E-state index is -4.35. The molecule has 11 heteroatoms. The first kappa shape index (κ1) is 19.9. The van der Waals surface area contributed by atoms with E-state index in [9.17, 15) is 23.3 Å². The minimum absolute atomic E-state index is 0.168. The van der Waals surface area contributed by atoms with E-state index in [0.29, 0.717) is 0 Å². The van der Waals surface area contributed by atoms with Crippen molar-refractivity contribution in [3.8, 4) is 12.3 Å². The molecule has 0 radical (unpaired) electrons. The van der Waals surface area contributed by atoms with E-state index in [1.54, 1.807) is 14.1 Å². The highest BCUT2D eigenvalue weighted by molar-refractivity contribution is 7.90. The molecule has 0 aliphatic carbocycles. The van der Waals surface area contributed by atoms with Crippen molar-refractivity contribution in [2.45, 2.75) is 4.90 Å². The summed E-state index contributed by atoms with van der Waals surface area (Å²) in [5, 5.41) is 13.8. The lowest BCUT2D eigenvalue weighted by atomic mass is 10.1. The second-order valence-electron chi connectivity index (χ2n) is 4.83. The van der Waals surface area contributed by atoms with Gasteiger partial charge in [0, 0.05) is 20.2 Å². The highest BCUT2D eigenvalue weighted by atomic mass is 32.2. The molecule has 1 rings (SSSR count). The Hall–Kier alpha value is -3.13. The molecule has 0 saturated heterocycles. The van der Waals surface area contributed by atoms with Crippen LogP contribution in [0.2, 0.25) is 0 Å². The average molecular weight is 368 g/mol. The molecule has 0 amide bonds. The van der Waals surface area contributed by atoms with Crippen LogP contribution in [0.5, 0.6) is 0 Å². The van der Waals surface area contributed by atoms with Crippen molar-refractivity contribution < 1.29 is 22.9 Å². The number of methoxy groups -OCH3 is 1. The lowest BCUT2D eigenvalue weighted by Gasteiger charge is -2.12. The van der Waals surface area contributed by atoms with E-state index in [1.807, 2.05) is 0 Å². The number of hydrogen-bond donors (Lipinski definition) is 1. The van der Waals surface area contributed by atoms with Crippen molar-refractivity contribution in [2.75, 3.05) is 33.1 Å². The molecule has 0 unspecified atom stereocenters. The molecule has 0 heterocycles. The molecule has 0 aromatic heterocycles. The number of carbonyl (C=O) groups is 1. The molecule has 0 fully saturated rings. The summed E-state index contributed by atoms with van der Waals surface area (Å²) in [6.45, 7) is -0.168. The summed E-state index contributed by atoms with van der Waals surface area (Å²) >= 11 is 0. The highest BCUT2D eigenvalue weighted by Gasteiger charge is 2.29. The van der Waals surface area contributed by atoms with Gasteiger partial charge in [-0.1, -0.05) is 5.92 Å². The summed E-state index contributed by atoms with van der Waals surface area (Å²) in [7, 11) is -0.195. The van der Waals surface area contributed by atoms with Gasteiger partial charge in [0.2, 0.25) is 0 Å². The zero-order valence-corrected chi connectivity index (χ0v) is 14.5. The third kappa shape index (κ3) is 4.92. The zero-order valence-electron chi connectivity index (χ0n) is 13.7. The van der Waals surface area contributed by atoms with E-state index in [-0.39, 0.29) is 17.8 Å². The summed E-state index contributed by atoms with van der Waals surface area (Å²) < 4.78 is 32.9. The summed E-state index contributed by atoms with van der Waals surface area (Å²) in [4.78, 5) is 23.0. The second kappa shape index (κ2) is 8.11. The molecule has 25 heavy (non-hydrogen) atoms. The summed E-state index contributed by atoms with van der Waals surface area (Å²) in [6, 6.07) is 1.85.